The van der Waals surface area contributed by atoms with Crippen LogP contribution >= 0.6 is 0 Å². The first-order valence-electron chi connectivity index (χ1n) is 9.41. The fourth-order valence-corrected chi connectivity index (χ4v) is 2.86. The number of carbonyl (C=O) groups excluding carboxylic acids is 1. The largest absolute Gasteiger partial charge is 0.377 e. The Morgan fingerprint density at radius 2 is 2.10 bits per heavy atom. The Morgan fingerprint density at radius 3 is 2.90 bits per heavy atom. The summed E-state index contributed by atoms with van der Waals surface area (Å²) in [5.74, 6) is 0.494. The van der Waals surface area contributed by atoms with E-state index in [1.54, 1.807) is 24.4 Å². The molecule has 0 atom stereocenters. The lowest BCUT2D eigenvalue weighted by atomic mass is 10.1. The molecule has 2 amide bonds. The summed E-state index contributed by atoms with van der Waals surface area (Å²) in [6.07, 6.45) is 13.7. The second-order valence-electron chi connectivity index (χ2n) is 6.39. The second kappa shape index (κ2) is 10.1. The van der Waals surface area contributed by atoms with Crippen LogP contribution in [0.1, 0.15) is 23.4 Å². The number of amides is 2. The molecule has 1 aliphatic heterocycles. The summed E-state index contributed by atoms with van der Waals surface area (Å²) in [6.45, 7) is 6.83. The third kappa shape index (κ3) is 5.73. The van der Waals surface area contributed by atoms with Gasteiger partial charge in [-0.2, -0.15) is 0 Å². The van der Waals surface area contributed by atoms with E-state index in [-0.39, 0.29) is 6.03 Å². The molecule has 148 valence electrons. The van der Waals surface area contributed by atoms with Crippen LogP contribution in [0.15, 0.2) is 67.4 Å². The quantitative estimate of drug-likeness (QED) is 0.684. The van der Waals surface area contributed by atoms with Crippen LogP contribution in [-0.2, 0) is 4.74 Å². The second-order valence-corrected chi connectivity index (χ2v) is 6.39. The maximum absolute atomic E-state index is 12.5. The molecular formula is C23H24N4O2. The van der Waals surface area contributed by atoms with Crippen molar-refractivity contribution in [2.24, 2.45) is 0 Å². The van der Waals surface area contributed by atoms with Crippen molar-refractivity contribution >= 4 is 29.2 Å². The fraction of sp³-hybridized carbons (Fsp3) is 0.174. The van der Waals surface area contributed by atoms with Gasteiger partial charge in [-0.05, 0) is 48.8 Å². The Morgan fingerprint density at radius 1 is 1.21 bits per heavy atom. The Hall–Kier alpha value is -3.51. The lowest BCUT2D eigenvalue weighted by Gasteiger charge is -2.14. The molecule has 0 saturated heterocycles. The van der Waals surface area contributed by atoms with E-state index in [2.05, 4.69) is 27.2 Å². The van der Waals surface area contributed by atoms with Crippen LogP contribution in [0, 0.1) is 6.92 Å². The van der Waals surface area contributed by atoms with E-state index < -0.39 is 0 Å². The van der Waals surface area contributed by atoms with Crippen LogP contribution in [0.2, 0.25) is 0 Å². The van der Waals surface area contributed by atoms with Crippen LogP contribution in [0.4, 0.5) is 16.3 Å². The summed E-state index contributed by atoms with van der Waals surface area (Å²) in [7, 11) is 0. The first kappa shape index (κ1) is 20.2. The summed E-state index contributed by atoms with van der Waals surface area (Å²) in [6, 6.07) is 7.00. The van der Waals surface area contributed by atoms with E-state index in [9.17, 15) is 4.79 Å². The number of ether oxygens (including phenoxy) is 1. The number of pyridine rings is 2. The molecule has 0 aromatic carbocycles. The minimum Gasteiger partial charge on any atom is -0.377 e. The third-order valence-corrected chi connectivity index (χ3v) is 4.39. The molecule has 2 aromatic rings. The van der Waals surface area contributed by atoms with Gasteiger partial charge in [0.2, 0.25) is 0 Å². The van der Waals surface area contributed by atoms with E-state index >= 15 is 0 Å². The van der Waals surface area contributed by atoms with Crippen LogP contribution in [0.25, 0.3) is 11.6 Å². The van der Waals surface area contributed by atoms with E-state index in [4.69, 9.17) is 4.74 Å². The zero-order chi connectivity index (χ0) is 20.5. The normalized spacial score (nSPS) is 14.0. The molecule has 0 aliphatic carbocycles. The van der Waals surface area contributed by atoms with Crippen molar-refractivity contribution in [3.63, 3.8) is 0 Å². The van der Waals surface area contributed by atoms with Gasteiger partial charge in [-0.3, -0.25) is 10.3 Å². The van der Waals surface area contributed by atoms with Crippen molar-refractivity contribution in [2.75, 3.05) is 23.8 Å². The van der Waals surface area contributed by atoms with E-state index in [0.717, 1.165) is 28.9 Å². The lowest BCUT2D eigenvalue weighted by Crippen LogP contribution is -2.21. The van der Waals surface area contributed by atoms with Gasteiger partial charge in [-0.1, -0.05) is 43.0 Å². The summed E-state index contributed by atoms with van der Waals surface area (Å²) in [5.41, 5.74) is 4.33. The van der Waals surface area contributed by atoms with E-state index in [0.29, 0.717) is 24.7 Å². The number of anilines is 2. The zero-order valence-electron chi connectivity index (χ0n) is 16.4. The molecule has 0 radical (unpaired) electrons. The van der Waals surface area contributed by atoms with Crippen molar-refractivity contribution < 1.29 is 9.53 Å². The average molecular weight is 388 g/mol. The summed E-state index contributed by atoms with van der Waals surface area (Å²) in [5, 5.41) is 5.66. The molecule has 3 rings (SSSR count). The average Bonchev–Trinajstić information content (AvgIpc) is 2.74. The number of allylic oxidation sites excluding steroid dienone is 4. The molecule has 2 N–H and O–H groups in total. The molecule has 6 nitrogen and oxygen atoms in total. The molecule has 2 aromatic heterocycles. The van der Waals surface area contributed by atoms with E-state index in [1.165, 1.54) is 0 Å². The van der Waals surface area contributed by atoms with Gasteiger partial charge >= 0.3 is 6.03 Å². The van der Waals surface area contributed by atoms with Gasteiger partial charge in [0.15, 0.2) is 0 Å². The zero-order valence-corrected chi connectivity index (χ0v) is 16.4. The predicted molar refractivity (Wildman–Crippen MR) is 118 cm³/mol. The Balaban J connectivity index is 1.68. The first-order chi connectivity index (χ1) is 14.2. The smallest absolute Gasteiger partial charge is 0.324 e. The van der Waals surface area contributed by atoms with Gasteiger partial charge in [0.25, 0.3) is 0 Å². The fourth-order valence-electron chi connectivity index (χ4n) is 2.86. The minimum absolute atomic E-state index is 0.355. The SMILES string of the molecule is C=C/C=C/C=C\c1nccc(NC(=O)Nc2cccc(C3=CCOCC3)n2)c1C. The highest BCUT2D eigenvalue weighted by Crippen LogP contribution is 2.21. The number of carbonyl (C=O) groups is 1. The van der Waals surface area contributed by atoms with Crippen LogP contribution in [0.5, 0.6) is 0 Å². The number of aromatic nitrogens is 2. The van der Waals surface area contributed by atoms with Crippen molar-refractivity contribution in [1.29, 1.82) is 0 Å². The number of hydrogen-bond acceptors (Lipinski definition) is 4. The van der Waals surface area contributed by atoms with Crippen molar-refractivity contribution in [1.82, 2.24) is 9.97 Å². The number of nitrogens with zero attached hydrogens (tertiary/aromatic N) is 2. The summed E-state index contributed by atoms with van der Waals surface area (Å²) >= 11 is 0. The van der Waals surface area contributed by atoms with Gasteiger partial charge in [0, 0.05) is 11.9 Å². The van der Waals surface area contributed by atoms with Gasteiger partial charge in [-0.25, -0.2) is 9.78 Å². The van der Waals surface area contributed by atoms with Crippen LogP contribution < -0.4 is 10.6 Å². The highest BCUT2D eigenvalue weighted by atomic mass is 16.5. The monoisotopic (exact) mass is 388 g/mol. The number of rotatable bonds is 6. The molecule has 0 saturated carbocycles. The van der Waals surface area contributed by atoms with Gasteiger partial charge < -0.3 is 10.1 Å². The summed E-state index contributed by atoms with van der Waals surface area (Å²) in [4.78, 5) is 21.4. The number of nitrogens with one attached hydrogen (secondary N) is 2. The molecule has 29 heavy (non-hydrogen) atoms. The first-order valence-corrected chi connectivity index (χ1v) is 9.41. The lowest BCUT2D eigenvalue weighted by molar-refractivity contribution is 0.161. The summed E-state index contributed by atoms with van der Waals surface area (Å²) < 4.78 is 5.34. The van der Waals surface area contributed by atoms with Crippen molar-refractivity contribution in [3.8, 4) is 0 Å². The van der Waals surface area contributed by atoms with Crippen molar-refractivity contribution in [2.45, 2.75) is 13.3 Å². The van der Waals surface area contributed by atoms with Gasteiger partial charge in [-0.15, -0.1) is 0 Å². The van der Waals surface area contributed by atoms with Crippen molar-refractivity contribution in [3.05, 3.63) is 84.4 Å². The molecule has 3 heterocycles. The standard InChI is InChI=1S/C23H24N4O2/c1-3-4-5-6-8-19-17(2)20(11-14-24-19)26-23(28)27-22-10-7-9-21(25-22)18-12-15-29-16-13-18/h3-12,14H,1,13,15-16H2,2H3,(H2,24,25,26,27,28)/b5-4+,8-6-. The number of hydrogen-bond donors (Lipinski definition) is 2. The van der Waals surface area contributed by atoms with Crippen LogP contribution in [-0.4, -0.2) is 29.2 Å². The minimum atomic E-state index is -0.355. The number of urea groups is 1. The third-order valence-electron chi connectivity index (χ3n) is 4.39. The highest BCUT2D eigenvalue weighted by molar-refractivity contribution is 5.99. The topological polar surface area (TPSA) is 76.1 Å². The Kier molecular flexibility index (Phi) is 7.08. The molecule has 0 spiro atoms. The maximum atomic E-state index is 12.5. The molecule has 0 unspecified atom stereocenters. The Labute approximate surface area is 170 Å². The molecule has 6 heteroatoms. The molecule has 0 bridgehead atoms. The highest BCUT2D eigenvalue weighted by Gasteiger charge is 2.11. The Bertz CT molecular complexity index is 977. The maximum Gasteiger partial charge on any atom is 0.324 e. The molecule has 0 fully saturated rings. The van der Waals surface area contributed by atoms with Gasteiger partial charge in [0.05, 0.1) is 24.6 Å². The van der Waals surface area contributed by atoms with E-state index in [1.807, 2.05) is 49.4 Å². The predicted octanol–water partition coefficient (Wildman–Crippen LogP) is 4.99. The van der Waals surface area contributed by atoms with Crippen LogP contribution in [0.3, 0.4) is 0 Å². The molecule has 1 aliphatic rings. The van der Waals surface area contributed by atoms with Gasteiger partial charge in [0.1, 0.15) is 5.82 Å². The molecular weight excluding hydrogens is 364 g/mol.